The van der Waals surface area contributed by atoms with E-state index in [1.165, 1.54) is 12.1 Å². The van der Waals surface area contributed by atoms with E-state index in [9.17, 15) is 13.2 Å². The molecule has 0 bridgehead atoms. The second-order valence-electron chi connectivity index (χ2n) is 4.35. The summed E-state index contributed by atoms with van der Waals surface area (Å²) in [5.41, 5.74) is 0.925. The van der Waals surface area contributed by atoms with Crippen LogP contribution in [0.25, 0.3) is 0 Å². The zero-order valence-electron chi connectivity index (χ0n) is 10.0. The smallest absolute Gasteiger partial charge is 0.126 e. The minimum Gasteiger partial charge on any atom is -0.207 e. The van der Waals surface area contributed by atoms with Crippen molar-refractivity contribution >= 4 is 11.6 Å². The lowest BCUT2D eigenvalue weighted by Crippen LogP contribution is -2.07. The minimum absolute atomic E-state index is 0.208. The number of benzene rings is 2. The van der Waals surface area contributed by atoms with Gasteiger partial charge in [0.2, 0.25) is 0 Å². The maximum Gasteiger partial charge on any atom is 0.126 e. The normalized spacial score (nSPS) is 12.4. The molecule has 1 unspecified atom stereocenters. The van der Waals surface area contributed by atoms with Crippen LogP contribution >= 0.6 is 11.6 Å². The largest absolute Gasteiger partial charge is 0.207 e. The molecule has 0 aromatic heterocycles. The SMILES string of the molecule is Fc1cccc(C(CCl)Cc2cc(F)ccc2F)c1. The van der Waals surface area contributed by atoms with Gasteiger partial charge in [-0.1, -0.05) is 12.1 Å². The maximum atomic E-state index is 13.6. The van der Waals surface area contributed by atoms with Crippen LogP contribution in [0.2, 0.25) is 0 Å². The Morgan fingerprint density at radius 3 is 2.37 bits per heavy atom. The molecule has 100 valence electrons. The van der Waals surface area contributed by atoms with Crippen LogP contribution in [0.5, 0.6) is 0 Å². The zero-order valence-corrected chi connectivity index (χ0v) is 10.8. The first kappa shape index (κ1) is 13.9. The van der Waals surface area contributed by atoms with Gasteiger partial charge in [-0.05, 0) is 47.9 Å². The Bertz CT molecular complexity index is 569. The summed E-state index contributed by atoms with van der Waals surface area (Å²) in [4.78, 5) is 0. The van der Waals surface area contributed by atoms with E-state index in [4.69, 9.17) is 11.6 Å². The van der Waals surface area contributed by atoms with Crippen molar-refractivity contribution < 1.29 is 13.2 Å². The molecule has 0 fully saturated rings. The highest BCUT2D eigenvalue weighted by Crippen LogP contribution is 2.24. The molecule has 0 saturated heterocycles. The summed E-state index contributed by atoms with van der Waals surface area (Å²) in [5, 5.41) is 0. The molecule has 0 aliphatic rings. The quantitative estimate of drug-likeness (QED) is 0.716. The zero-order chi connectivity index (χ0) is 13.8. The third-order valence-electron chi connectivity index (χ3n) is 2.98. The second-order valence-corrected chi connectivity index (χ2v) is 4.65. The fraction of sp³-hybridized carbons (Fsp3) is 0.200. The van der Waals surface area contributed by atoms with Gasteiger partial charge in [-0.15, -0.1) is 11.6 Å². The molecule has 0 nitrogen and oxygen atoms in total. The van der Waals surface area contributed by atoms with Gasteiger partial charge in [0.05, 0.1) is 0 Å². The molecule has 0 aliphatic heterocycles. The fourth-order valence-corrected chi connectivity index (χ4v) is 2.27. The van der Waals surface area contributed by atoms with Crippen LogP contribution in [0.3, 0.4) is 0 Å². The van der Waals surface area contributed by atoms with Gasteiger partial charge in [-0.25, -0.2) is 13.2 Å². The first-order chi connectivity index (χ1) is 9.10. The Kier molecular flexibility index (Phi) is 4.48. The van der Waals surface area contributed by atoms with E-state index >= 15 is 0 Å². The number of hydrogen-bond acceptors (Lipinski definition) is 0. The molecular formula is C15H12ClF3. The molecule has 0 radical (unpaired) electrons. The molecule has 0 saturated carbocycles. The summed E-state index contributed by atoms with van der Waals surface area (Å²) >= 11 is 5.86. The van der Waals surface area contributed by atoms with Crippen LogP contribution < -0.4 is 0 Å². The number of rotatable bonds is 4. The van der Waals surface area contributed by atoms with Crippen molar-refractivity contribution in [1.82, 2.24) is 0 Å². The number of hydrogen-bond donors (Lipinski definition) is 0. The van der Waals surface area contributed by atoms with Gasteiger partial charge in [0, 0.05) is 11.8 Å². The predicted octanol–water partition coefficient (Wildman–Crippen LogP) is 4.67. The summed E-state index contributed by atoms with van der Waals surface area (Å²) in [6.45, 7) is 0. The van der Waals surface area contributed by atoms with E-state index in [-0.39, 0.29) is 29.6 Å². The van der Waals surface area contributed by atoms with Crippen molar-refractivity contribution in [2.75, 3.05) is 5.88 Å². The molecule has 0 aliphatic carbocycles. The first-order valence-electron chi connectivity index (χ1n) is 5.85. The number of halogens is 4. The van der Waals surface area contributed by atoms with Crippen molar-refractivity contribution in [2.24, 2.45) is 0 Å². The lowest BCUT2D eigenvalue weighted by molar-refractivity contribution is 0.575. The second kappa shape index (κ2) is 6.11. The molecule has 2 rings (SSSR count). The molecule has 19 heavy (non-hydrogen) atoms. The van der Waals surface area contributed by atoms with Crippen LogP contribution in [0.1, 0.15) is 17.0 Å². The monoisotopic (exact) mass is 284 g/mol. The molecule has 0 N–H and O–H groups in total. The molecule has 2 aromatic carbocycles. The van der Waals surface area contributed by atoms with E-state index in [0.29, 0.717) is 5.56 Å². The van der Waals surface area contributed by atoms with Gasteiger partial charge in [0.25, 0.3) is 0 Å². The molecule has 2 aromatic rings. The summed E-state index contributed by atoms with van der Waals surface area (Å²) in [5.74, 6) is -1.39. The Morgan fingerprint density at radius 1 is 0.947 bits per heavy atom. The summed E-state index contributed by atoms with van der Waals surface area (Å²) < 4.78 is 39.9. The molecule has 0 amide bonds. The molecule has 4 heteroatoms. The van der Waals surface area contributed by atoms with E-state index in [1.807, 2.05) is 0 Å². The topological polar surface area (TPSA) is 0 Å². The highest BCUT2D eigenvalue weighted by atomic mass is 35.5. The van der Waals surface area contributed by atoms with Crippen molar-refractivity contribution in [1.29, 1.82) is 0 Å². The average molecular weight is 285 g/mol. The van der Waals surface area contributed by atoms with E-state index in [1.54, 1.807) is 12.1 Å². The van der Waals surface area contributed by atoms with Crippen LogP contribution in [-0.4, -0.2) is 5.88 Å². The molecule has 1 atom stereocenters. The average Bonchev–Trinajstić information content (AvgIpc) is 2.39. The Balaban J connectivity index is 2.26. The minimum atomic E-state index is -0.496. The molecule has 0 spiro atoms. The predicted molar refractivity (Wildman–Crippen MR) is 69.9 cm³/mol. The van der Waals surface area contributed by atoms with Crippen molar-refractivity contribution in [3.05, 3.63) is 71.0 Å². The van der Waals surface area contributed by atoms with Gasteiger partial charge < -0.3 is 0 Å². The highest BCUT2D eigenvalue weighted by Gasteiger charge is 2.15. The van der Waals surface area contributed by atoms with Gasteiger partial charge in [0.15, 0.2) is 0 Å². The maximum absolute atomic E-state index is 13.6. The standard InChI is InChI=1S/C15H12ClF3/c16-9-12(10-2-1-3-13(17)7-10)6-11-8-14(18)4-5-15(11)19/h1-5,7-8,12H,6,9H2. The van der Waals surface area contributed by atoms with Crippen LogP contribution in [0.4, 0.5) is 13.2 Å². The summed E-state index contributed by atoms with van der Waals surface area (Å²) in [6.07, 6.45) is 0.233. The van der Waals surface area contributed by atoms with E-state index in [2.05, 4.69) is 0 Å². The molecule has 0 heterocycles. The number of alkyl halides is 1. The van der Waals surface area contributed by atoms with Crippen molar-refractivity contribution in [3.8, 4) is 0 Å². The Hall–Kier alpha value is -1.48. The van der Waals surface area contributed by atoms with Crippen molar-refractivity contribution in [3.63, 3.8) is 0 Å². The Morgan fingerprint density at radius 2 is 1.68 bits per heavy atom. The lowest BCUT2D eigenvalue weighted by atomic mass is 9.93. The third kappa shape index (κ3) is 3.51. The van der Waals surface area contributed by atoms with Gasteiger partial charge in [-0.2, -0.15) is 0 Å². The van der Waals surface area contributed by atoms with Crippen molar-refractivity contribution in [2.45, 2.75) is 12.3 Å². The van der Waals surface area contributed by atoms with Crippen LogP contribution in [-0.2, 0) is 6.42 Å². The first-order valence-corrected chi connectivity index (χ1v) is 6.39. The fourth-order valence-electron chi connectivity index (χ4n) is 1.99. The molecular weight excluding hydrogens is 273 g/mol. The summed E-state index contributed by atoms with van der Waals surface area (Å²) in [7, 11) is 0. The van der Waals surface area contributed by atoms with E-state index in [0.717, 1.165) is 18.2 Å². The van der Waals surface area contributed by atoms with Crippen LogP contribution in [0.15, 0.2) is 42.5 Å². The Labute approximate surface area is 114 Å². The third-order valence-corrected chi connectivity index (χ3v) is 3.35. The highest BCUT2D eigenvalue weighted by molar-refractivity contribution is 6.18. The van der Waals surface area contributed by atoms with Gasteiger partial charge in [-0.3, -0.25) is 0 Å². The van der Waals surface area contributed by atoms with Gasteiger partial charge in [0.1, 0.15) is 17.5 Å². The van der Waals surface area contributed by atoms with Crippen LogP contribution in [0, 0.1) is 17.5 Å². The lowest BCUT2D eigenvalue weighted by Gasteiger charge is -2.15. The van der Waals surface area contributed by atoms with Gasteiger partial charge >= 0.3 is 0 Å². The van der Waals surface area contributed by atoms with E-state index < -0.39 is 11.6 Å². The summed E-state index contributed by atoms with van der Waals surface area (Å²) in [6, 6.07) is 9.30.